The van der Waals surface area contributed by atoms with Crippen LogP contribution in [0.2, 0.25) is 0 Å². The van der Waals surface area contributed by atoms with Crippen LogP contribution in [0.5, 0.6) is 5.75 Å². The van der Waals surface area contributed by atoms with Crippen molar-refractivity contribution in [2.75, 3.05) is 14.2 Å². The lowest BCUT2D eigenvalue weighted by molar-refractivity contribution is -0.186. The van der Waals surface area contributed by atoms with Gasteiger partial charge in [-0.1, -0.05) is 51.7 Å². The normalized spacial score (nSPS) is 21.7. The Bertz CT molecular complexity index is 955. The number of ether oxygens (including phenoxy) is 5. The molecule has 1 N–H and O–H groups in total. The van der Waals surface area contributed by atoms with E-state index in [2.05, 4.69) is 19.2 Å². The van der Waals surface area contributed by atoms with Crippen molar-refractivity contribution in [1.82, 2.24) is 5.32 Å². The van der Waals surface area contributed by atoms with E-state index in [1.54, 1.807) is 30.3 Å². The molecule has 1 aliphatic heterocycles. The summed E-state index contributed by atoms with van der Waals surface area (Å²) in [6, 6.07) is 6.51. The van der Waals surface area contributed by atoms with E-state index in [1.807, 2.05) is 0 Å². The van der Waals surface area contributed by atoms with Gasteiger partial charge in [0.15, 0.2) is 6.10 Å². The third-order valence-corrected chi connectivity index (χ3v) is 6.36. The lowest BCUT2D eigenvalue weighted by Crippen LogP contribution is -2.49. The monoisotopic (exact) mass is 503 g/mol. The molecule has 0 unspecified atom stereocenters. The molecule has 9 heteroatoms. The smallest absolute Gasteiger partial charge is 0.311 e. The molecule has 198 valence electrons. The highest BCUT2D eigenvalue weighted by atomic mass is 16.7. The van der Waals surface area contributed by atoms with Crippen LogP contribution in [0.4, 0.5) is 0 Å². The number of fused-ring (bicyclic) bond motifs is 1. The van der Waals surface area contributed by atoms with Crippen molar-refractivity contribution >= 4 is 17.8 Å². The molecule has 1 heterocycles. The number of para-hydroxylation sites is 1. The van der Waals surface area contributed by atoms with Gasteiger partial charge in [0.2, 0.25) is 5.79 Å². The Kier molecular flexibility index (Phi) is 10.0. The number of epoxide rings is 1. The first-order valence-corrected chi connectivity index (χ1v) is 12.7. The third-order valence-electron chi connectivity index (χ3n) is 6.36. The summed E-state index contributed by atoms with van der Waals surface area (Å²) in [6.07, 6.45) is 5.57. The predicted molar refractivity (Wildman–Crippen MR) is 131 cm³/mol. The molecule has 0 bridgehead atoms. The fourth-order valence-electron chi connectivity index (χ4n) is 4.26. The van der Waals surface area contributed by atoms with Crippen LogP contribution in [0.25, 0.3) is 0 Å². The van der Waals surface area contributed by atoms with E-state index in [0.29, 0.717) is 0 Å². The first-order valence-electron chi connectivity index (χ1n) is 12.7. The molecule has 9 nitrogen and oxygen atoms in total. The van der Waals surface area contributed by atoms with Gasteiger partial charge in [-0.05, 0) is 25.0 Å². The number of methoxy groups -OCH3 is 2. The number of benzene rings is 1. The van der Waals surface area contributed by atoms with Gasteiger partial charge in [0, 0.05) is 33.1 Å². The van der Waals surface area contributed by atoms with Crippen LogP contribution in [0, 0.1) is 0 Å². The maximum atomic E-state index is 13.3. The average molecular weight is 504 g/mol. The fourth-order valence-corrected chi connectivity index (χ4v) is 4.26. The minimum Gasteiger partial charge on any atom is -0.453 e. The second-order valence-corrected chi connectivity index (χ2v) is 9.00. The standard InChI is InChI=1S/C27H37NO8/c1-5-7-9-15-21(29)34-20-14-12-11-13-18(20)26(31)28-19-17-27(32-3,33-4)25-24(36-25)23(19)35-22(30)16-10-8-6-2/h11-14,17,23-25H,5-10,15-16H2,1-4H3,(H,28,31)/t23-,24-,25-/m0/s1. The summed E-state index contributed by atoms with van der Waals surface area (Å²) in [4.78, 5) is 38.1. The van der Waals surface area contributed by atoms with E-state index in [0.717, 1.165) is 38.5 Å². The van der Waals surface area contributed by atoms with Crippen molar-refractivity contribution in [3.63, 3.8) is 0 Å². The first kappa shape index (κ1) is 27.8. The molecule has 3 rings (SSSR count). The van der Waals surface area contributed by atoms with Crippen LogP contribution < -0.4 is 10.1 Å². The Labute approximate surface area is 212 Å². The topological polar surface area (TPSA) is 113 Å². The number of esters is 2. The molecular formula is C27H37NO8. The number of carbonyl (C=O) groups is 3. The number of hydrogen-bond donors (Lipinski definition) is 1. The Hall–Kier alpha value is -2.75. The molecule has 3 atom stereocenters. The summed E-state index contributed by atoms with van der Waals surface area (Å²) in [5, 5.41) is 2.82. The molecule has 0 saturated carbocycles. The van der Waals surface area contributed by atoms with Crippen LogP contribution in [-0.2, 0) is 28.5 Å². The van der Waals surface area contributed by atoms with Crippen LogP contribution in [0.1, 0.15) is 75.6 Å². The summed E-state index contributed by atoms with van der Waals surface area (Å²) in [6.45, 7) is 4.11. The van der Waals surface area contributed by atoms with E-state index in [4.69, 9.17) is 23.7 Å². The molecule has 0 aromatic heterocycles. The number of hydrogen-bond acceptors (Lipinski definition) is 8. The highest BCUT2D eigenvalue weighted by molar-refractivity contribution is 5.98. The minimum absolute atomic E-state index is 0.159. The van der Waals surface area contributed by atoms with Crippen LogP contribution in [0.15, 0.2) is 36.0 Å². The van der Waals surface area contributed by atoms with Crippen molar-refractivity contribution in [1.29, 1.82) is 0 Å². The second-order valence-electron chi connectivity index (χ2n) is 9.00. The Morgan fingerprint density at radius 2 is 1.58 bits per heavy atom. The molecule has 1 aromatic carbocycles. The van der Waals surface area contributed by atoms with Gasteiger partial charge in [-0.3, -0.25) is 14.4 Å². The summed E-state index contributed by atoms with van der Waals surface area (Å²) in [5.74, 6) is -2.36. The zero-order valence-corrected chi connectivity index (χ0v) is 21.5. The summed E-state index contributed by atoms with van der Waals surface area (Å²) < 4.78 is 28.1. The van der Waals surface area contributed by atoms with Gasteiger partial charge in [-0.25, -0.2) is 0 Å². The average Bonchev–Trinajstić information content (AvgIpc) is 3.68. The Morgan fingerprint density at radius 3 is 2.22 bits per heavy atom. The molecule has 1 aromatic rings. The van der Waals surface area contributed by atoms with Gasteiger partial charge in [0.25, 0.3) is 5.91 Å². The number of rotatable bonds is 14. The van der Waals surface area contributed by atoms with Crippen molar-refractivity contribution in [3.05, 3.63) is 41.6 Å². The largest absolute Gasteiger partial charge is 0.453 e. The van der Waals surface area contributed by atoms with Crippen molar-refractivity contribution in [2.24, 2.45) is 0 Å². The Morgan fingerprint density at radius 1 is 0.944 bits per heavy atom. The van der Waals surface area contributed by atoms with E-state index < -0.39 is 36.0 Å². The van der Waals surface area contributed by atoms with Crippen LogP contribution >= 0.6 is 0 Å². The summed E-state index contributed by atoms with van der Waals surface area (Å²) in [7, 11) is 2.95. The first-order chi connectivity index (χ1) is 17.4. The van der Waals surface area contributed by atoms with E-state index in [9.17, 15) is 14.4 Å². The van der Waals surface area contributed by atoms with E-state index >= 15 is 0 Å². The molecule has 0 spiro atoms. The molecule has 1 aliphatic carbocycles. The highest BCUT2D eigenvalue weighted by Crippen LogP contribution is 2.45. The molecule has 1 fully saturated rings. The van der Waals surface area contributed by atoms with E-state index in [1.165, 1.54) is 14.2 Å². The number of carbonyl (C=O) groups excluding carboxylic acids is 3. The third kappa shape index (κ3) is 6.72. The van der Waals surface area contributed by atoms with Gasteiger partial charge in [0.1, 0.15) is 18.0 Å². The molecule has 1 saturated heterocycles. The number of nitrogens with one attached hydrogen (secondary N) is 1. The van der Waals surface area contributed by atoms with Crippen molar-refractivity contribution in [3.8, 4) is 5.75 Å². The molecule has 36 heavy (non-hydrogen) atoms. The van der Waals surface area contributed by atoms with Gasteiger partial charge in [-0.15, -0.1) is 0 Å². The highest BCUT2D eigenvalue weighted by Gasteiger charge is 2.64. The maximum absolute atomic E-state index is 13.3. The second kappa shape index (κ2) is 13.0. The van der Waals surface area contributed by atoms with Crippen LogP contribution in [0.3, 0.4) is 0 Å². The number of unbranched alkanes of at least 4 members (excludes halogenated alkanes) is 4. The van der Waals surface area contributed by atoms with Gasteiger partial charge in [-0.2, -0.15) is 0 Å². The molecule has 0 radical (unpaired) electrons. The van der Waals surface area contributed by atoms with Gasteiger partial charge >= 0.3 is 11.9 Å². The molecule has 2 aliphatic rings. The fraction of sp³-hybridized carbons (Fsp3) is 0.593. The number of amides is 1. The maximum Gasteiger partial charge on any atom is 0.311 e. The molecular weight excluding hydrogens is 466 g/mol. The zero-order valence-electron chi connectivity index (χ0n) is 21.5. The summed E-state index contributed by atoms with van der Waals surface area (Å²) in [5.41, 5.74) is 0.463. The predicted octanol–water partition coefficient (Wildman–Crippen LogP) is 4.05. The van der Waals surface area contributed by atoms with Crippen molar-refractivity contribution < 1.29 is 38.1 Å². The van der Waals surface area contributed by atoms with Gasteiger partial charge < -0.3 is 29.0 Å². The van der Waals surface area contributed by atoms with Crippen molar-refractivity contribution in [2.45, 2.75) is 89.3 Å². The lowest BCUT2D eigenvalue weighted by atomic mass is 9.95. The lowest BCUT2D eigenvalue weighted by Gasteiger charge is -2.33. The van der Waals surface area contributed by atoms with Crippen LogP contribution in [-0.4, -0.2) is 56.2 Å². The SMILES string of the molecule is CCCCCC(=O)Oc1ccccc1C(=O)NC1=CC(OC)(OC)[C@H]2O[C@H]2[C@H]1OC(=O)CCCCC. The quantitative estimate of drug-likeness (QED) is 0.133. The Balaban J connectivity index is 1.79. The zero-order chi connectivity index (χ0) is 26.1. The minimum atomic E-state index is -1.23. The van der Waals surface area contributed by atoms with E-state index in [-0.39, 0.29) is 35.8 Å². The summed E-state index contributed by atoms with van der Waals surface area (Å²) >= 11 is 0. The van der Waals surface area contributed by atoms with Gasteiger partial charge in [0.05, 0.1) is 11.3 Å². The molecule has 1 amide bonds.